The van der Waals surface area contributed by atoms with Gasteiger partial charge in [0.05, 0.1) is 5.54 Å². The molecule has 3 rings (SSSR count). The summed E-state index contributed by atoms with van der Waals surface area (Å²) in [7, 11) is 0. The summed E-state index contributed by atoms with van der Waals surface area (Å²) in [6, 6.07) is 16.3. The van der Waals surface area contributed by atoms with Gasteiger partial charge in [-0.3, -0.25) is 4.99 Å². The first-order valence-corrected chi connectivity index (χ1v) is 8.98. The van der Waals surface area contributed by atoms with E-state index >= 15 is 0 Å². The monoisotopic (exact) mass is 345 g/mol. The number of amidine groups is 1. The van der Waals surface area contributed by atoms with E-state index in [2.05, 4.69) is 47.6 Å². The maximum absolute atomic E-state index is 6.03. The number of hydrogen-bond donors (Lipinski definition) is 2. The molecule has 3 N–H and O–H groups in total. The zero-order valence-corrected chi connectivity index (χ0v) is 14.6. The largest absolute Gasteiger partial charge is 0.381 e. The van der Waals surface area contributed by atoms with Crippen molar-refractivity contribution in [3.63, 3.8) is 0 Å². The molecule has 1 aliphatic heterocycles. The smallest absolute Gasteiger partial charge is 0.154 e. The third-order valence-corrected chi connectivity index (χ3v) is 5.10. The molecule has 120 valence electrons. The summed E-state index contributed by atoms with van der Waals surface area (Å²) in [6.07, 6.45) is 0.996. The average molecular weight is 346 g/mol. The van der Waals surface area contributed by atoms with Crippen LogP contribution in [0, 0.1) is 0 Å². The highest BCUT2D eigenvalue weighted by Crippen LogP contribution is 2.35. The molecule has 23 heavy (non-hydrogen) atoms. The highest BCUT2D eigenvalue weighted by Gasteiger charge is 2.29. The molecule has 0 amide bonds. The van der Waals surface area contributed by atoms with Crippen LogP contribution in [-0.4, -0.2) is 10.9 Å². The standard InChI is InChI=1S/C18H20ClN3S/c1-18(8-9-23-17(20)22-18)14-5-3-7-16(11-14)21-12-13-4-2-6-15(19)10-13/h2-7,10-11,21H,8-9,12H2,1H3,(H2,20,22). The zero-order valence-electron chi connectivity index (χ0n) is 13.1. The van der Waals surface area contributed by atoms with Gasteiger partial charge in [-0.05, 0) is 48.7 Å². The average Bonchev–Trinajstić information content (AvgIpc) is 2.53. The van der Waals surface area contributed by atoms with Gasteiger partial charge in [0.25, 0.3) is 0 Å². The fourth-order valence-electron chi connectivity index (χ4n) is 2.71. The first-order chi connectivity index (χ1) is 11.0. The Morgan fingerprint density at radius 3 is 2.87 bits per heavy atom. The molecule has 2 aromatic rings. The Labute approximate surface area is 146 Å². The summed E-state index contributed by atoms with van der Waals surface area (Å²) in [5.74, 6) is 1.01. The van der Waals surface area contributed by atoms with Crippen LogP contribution in [0.25, 0.3) is 0 Å². The summed E-state index contributed by atoms with van der Waals surface area (Å²) in [6.45, 7) is 2.89. The Balaban J connectivity index is 1.76. The molecule has 5 heteroatoms. The molecule has 0 aliphatic carbocycles. The Morgan fingerprint density at radius 2 is 2.09 bits per heavy atom. The van der Waals surface area contributed by atoms with Crippen LogP contribution in [0.4, 0.5) is 5.69 Å². The van der Waals surface area contributed by atoms with E-state index < -0.39 is 0 Å². The van der Waals surface area contributed by atoms with Gasteiger partial charge in [-0.15, -0.1) is 0 Å². The number of aliphatic imine (C=N–C) groups is 1. The van der Waals surface area contributed by atoms with Crippen LogP contribution in [0.15, 0.2) is 53.5 Å². The zero-order chi connectivity index (χ0) is 16.3. The number of halogens is 1. The number of nitrogens with one attached hydrogen (secondary N) is 1. The van der Waals surface area contributed by atoms with Gasteiger partial charge in [0.1, 0.15) is 0 Å². The fraction of sp³-hybridized carbons (Fsp3) is 0.278. The van der Waals surface area contributed by atoms with E-state index in [0.29, 0.717) is 5.17 Å². The van der Waals surface area contributed by atoms with E-state index in [4.69, 9.17) is 17.3 Å². The van der Waals surface area contributed by atoms with Gasteiger partial charge in [-0.2, -0.15) is 0 Å². The van der Waals surface area contributed by atoms with Crippen LogP contribution in [0.3, 0.4) is 0 Å². The first-order valence-electron chi connectivity index (χ1n) is 7.62. The Kier molecular flexibility index (Phi) is 4.83. The van der Waals surface area contributed by atoms with Crippen LogP contribution < -0.4 is 11.1 Å². The third kappa shape index (κ3) is 4.01. The van der Waals surface area contributed by atoms with E-state index in [9.17, 15) is 0 Å². The van der Waals surface area contributed by atoms with Crippen LogP contribution in [0.5, 0.6) is 0 Å². The van der Waals surface area contributed by atoms with Gasteiger partial charge in [0.15, 0.2) is 5.17 Å². The molecule has 1 unspecified atom stereocenters. The maximum atomic E-state index is 6.03. The summed E-state index contributed by atoms with van der Waals surface area (Å²) in [5, 5.41) is 4.89. The van der Waals surface area contributed by atoms with E-state index in [0.717, 1.165) is 35.0 Å². The molecule has 2 aromatic carbocycles. The van der Waals surface area contributed by atoms with Crippen molar-refractivity contribution in [1.82, 2.24) is 0 Å². The molecule has 3 nitrogen and oxygen atoms in total. The van der Waals surface area contributed by atoms with Crippen LogP contribution >= 0.6 is 23.4 Å². The van der Waals surface area contributed by atoms with Crippen molar-refractivity contribution in [1.29, 1.82) is 0 Å². The molecule has 0 saturated heterocycles. The van der Waals surface area contributed by atoms with E-state index in [1.165, 1.54) is 5.56 Å². The second-order valence-corrected chi connectivity index (χ2v) is 7.44. The van der Waals surface area contributed by atoms with Crippen LogP contribution in [-0.2, 0) is 12.1 Å². The minimum Gasteiger partial charge on any atom is -0.381 e. The molecule has 0 aromatic heterocycles. The third-order valence-electron chi connectivity index (χ3n) is 4.07. The number of nitrogens with zero attached hydrogens (tertiary/aromatic N) is 1. The Hall–Kier alpha value is -1.65. The molecular weight excluding hydrogens is 326 g/mol. The summed E-state index contributed by atoms with van der Waals surface area (Å²) in [4.78, 5) is 4.67. The molecular formula is C18H20ClN3S. The van der Waals surface area contributed by atoms with Gasteiger partial charge in [0.2, 0.25) is 0 Å². The maximum Gasteiger partial charge on any atom is 0.154 e. The van der Waals surface area contributed by atoms with Gasteiger partial charge in [-0.1, -0.05) is 47.6 Å². The number of hydrogen-bond acceptors (Lipinski definition) is 4. The van der Waals surface area contributed by atoms with Crippen molar-refractivity contribution in [2.45, 2.75) is 25.4 Å². The molecule has 0 bridgehead atoms. The number of anilines is 1. The first kappa shape index (κ1) is 16.2. The van der Waals surface area contributed by atoms with Gasteiger partial charge in [0, 0.05) is 23.0 Å². The Bertz CT molecular complexity index is 732. The second-order valence-electron chi connectivity index (χ2n) is 5.89. The van der Waals surface area contributed by atoms with E-state index in [-0.39, 0.29) is 5.54 Å². The van der Waals surface area contributed by atoms with Crippen molar-refractivity contribution in [2.75, 3.05) is 11.1 Å². The quantitative estimate of drug-likeness (QED) is 0.850. The number of benzene rings is 2. The van der Waals surface area contributed by atoms with Gasteiger partial charge < -0.3 is 11.1 Å². The summed E-state index contributed by atoms with van der Waals surface area (Å²) >= 11 is 7.66. The highest BCUT2D eigenvalue weighted by molar-refractivity contribution is 8.13. The van der Waals surface area contributed by atoms with Crippen LogP contribution in [0.2, 0.25) is 5.02 Å². The van der Waals surface area contributed by atoms with Crippen molar-refractivity contribution in [2.24, 2.45) is 10.7 Å². The minimum atomic E-state index is -0.233. The lowest BCUT2D eigenvalue weighted by Crippen LogP contribution is -2.28. The van der Waals surface area contributed by atoms with Crippen molar-refractivity contribution >= 4 is 34.2 Å². The summed E-state index contributed by atoms with van der Waals surface area (Å²) in [5.41, 5.74) is 9.12. The van der Waals surface area contributed by atoms with Crippen molar-refractivity contribution < 1.29 is 0 Å². The highest BCUT2D eigenvalue weighted by atomic mass is 35.5. The van der Waals surface area contributed by atoms with Gasteiger partial charge >= 0.3 is 0 Å². The number of nitrogens with two attached hydrogens (primary N) is 1. The van der Waals surface area contributed by atoms with Crippen molar-refractivity contribution in [3.8, 4) is 0 Å². The van der Waals surface area contributed by atoms with E-state index in [1.807, 2.05) is 18.2 Å². The molecule has 0 spiro atoms. The summed E-state index contributed by atoms with van der Waals surface area (Å²) < 4.78 is 0. The lowest BCUT2D eigenvalue weighted by molar-refractivity contribution is 0.482. The molecule has 1 atom stereocenters. The molecule has 0 fully saturated rings. The predicted molar refractivity (Wildman–Crippen MR) is 101 cm³/mol. The normalized spacial score (nSPS) is 20.9. The molecule has 0 saturated carbocycles. The minimum absolute atomic E-state index is 0.233. The predicted octanol–water partition coefficient (Wildman–Crippen LogP) is 4.62. The number of rotatable bonds is 4. The van der Waals surface area contributed by atoms with E-state index in [1.54, 1.807) is 11.8 Å². The topological polar surface area (TPSA) is 50.4 Å². The molecule has 1 heterocycles. The fourth-order valence-corrected chi connectivity index (χ4v) is 3.90. The number of thioether (sulfide) groups is 1. The molecule has 0 radical (unpaired) electrons. The second kappa shape index (κ2) is 6.85. The molecule has 1 aliphatic rings. The lowest BCUT2D eigenvalue weighted by atomic mass is 9.89. The SMILES string of the molecule is CC1(c2cccc(NCc3cccc(Cl)c3)c2)CCSC(N)=N1. The Morgan fingerprint density at radius 1 is 1.26 bits per heavy atom. The van der Waals surface area contributed by atoms with Crippen LogP contribution in [0.1, 0.15) is 24.5 Å². The lowest BCUT2D eigenvalue weighted by Gasteiger charge is -2.30. The van der Waals surface area contributed by atoms with Crippen molar-refractivity contribution in [3.05, 3.63) is 64.7 Å². The van der Waals surface area contributed by atoms with Gasteiger partial charge in [-0.25, -0.2) is 0 Å².